The van der Waals surface area contributed by atoms with Gasteiger partial charge in [0.05, 0.1) is 18.3 Å². The number of rotatable bonds is 7. The van der Waals surface area contributed by atoms with Gasteiger partial charge in [0.25, 0.3) is 15.9 Å². The molecular weight excluding hydrogens is 531 g/mol. The van der Waals surface area contributed by atoms with Gasteiger partial charge in [0.1, 0.15) is 11.6 Å². The Bertz CT molecular complexity index is 1680. The number of anilines is 1. The van der Waals surface area contributed by atoms with Crippen molar-refractivity contribution < 1.29 is 22.3 Å². The van der Waals surface area contributed by atoms with Gasteiger partial charge in [0, 0.05) is 42.7 Å². The second-order valence-electron chi connectivity index (χ2n) is 10.2. The Hall–Kier alpha value is -4.02. The fourth-order valence-electron chi connectivity index (χ4n) is 5.49. The van der Waals surface area contributed by atoms with Crippen molar-refractivity contribution in [3.8, 4) is 5.75 Å². The number of carbonyl (C=O) groups is 1. The first-order valence-corrected chi connectivity index (χ1v) is 14.6. The Morgan fingerprint density at radius 3 is 2.38 bits per heavy atom. The number of piperazine rings is 1. The number of hydrogen-bond donors (Lipinski definition) is 1. The maximum atomic E-state index is 13.4. The first-order valence-electron chi connectivity index (χ1n) is 13.2. The predicted octanol–water partition coefficient (Wildman–Crippen LogP) is 4.63. The standard InChI is InChI=1S/C30H29FN4O4S/c1-39-27-20-22(6-12-26(27)33-40(37,38)28-13-7-21-4-2-3-5-25(21)32-28)29(36)34-16-18-35(19-17-34)30(14-15-30)23-8-10-24(31)11-9-23/h2-13,20,33H,14-19H2,1H3. The average molecular weight is 561 g/mol. The van der Waals surface area contributed by atoms with Gasteiger partial charge in [-0.05, 0) is 66.9 Å². The highest BCUT2D eigenvalue weighted by Crippen LogP contribution is 2.51. The highest BCUT2D eigenvalue weighted by atomic mass is 32.2. The summed E-state index contributed by atoms with van der Waals surface area (Å²) < 4.78 is 47.6. The minimum atomic E-state index is -3.99. The van der Waals surface area contributed by atoms with E-state index in [1.807, 2.05) is 24.3 Å². The van der Waals surface area contributed by atoms with Crippen LogP contribution in [0.25, 0.3) is 10.9 Å². The number of sulfonamides is 1. The topological polar surface area (TPSA) is 91.8 Å². The first-order chi connectivity index (χ1) is 19.3. The molecule has 0 spiro atoms. The van der Waals surface area contributed by atoms with Gasteiger partial charge >= 0.3 is 0 Å². The Labute approximate surface area is 232 Å². The van der Waals surface area contributed by atoms with Crippen LogP contribution in [0.15, 0.2) is 83.9 Å². The summed E-state index contributed by atoms with van der Waals surface area (Å²) in [6.07, 6.45) is 2.05. The second-order valence-corrected chi connectivity index (χ2v) is 11.8. The number of para-hydroxylation sites is 1. The molecule has 3 aromatic carbocycles. The van der Waals surface area contributed by atoms with E-state index in [1.54, 1.807) is 35.2 Å². The number of pyridine rings is 1. The molecule has 0 atom stereocenters. The second kappa shape index (κ2) is 10.2. The highest BCUT2D eigenvalue weighted by molar-refractivity contribution is 7.92. The summed E-state index contributed by atoms with van der Waals surface area (Å²) in [5.41, 5.74) is 2.26. The molecule has 2 fully saturated rings. The lowest BCUT2D eigenvalue weighted by molar-refractivity contribution is 0.0531. The van der Waals surface area contributed by atoms with Crippen molar-refractivity contribution in [3.05, 3.63) is 95.8 Å². The van der Waals surface area contributed by atoms with Crippen molar-refractivity contribution in [1.82, 2.24) is 14.8 Å². The smallest absolute Gasteiger partial charge is 0.279 e. The molecule has 1 saturated heterocycles. The number of nitrogens with one attached hydrogen (secondary N) is 1. The molecule has 2 heterocycles. The van der Waals surface area contributed by atoms with E-state index in [4.69, 9.17) is 4.74 Å². The van der Waals surface area contributed by atoms with Crippen molar-refractivity contribution in [2.75, 3.05) is 38.0 Å². The Balaban J connectivity index is 1.14. The molecule has 1 aliphatic carbocycles. The molecular formula is C30H29FN4O4S. The number of amides is 1. The largest absolute Gasteiger partial charge is 0.495 e. The molecule has 2 aliphatic rings. The third-order valence-corrected chi connectivity index (χ3v) is 9.09. The zero-order valence-electron chi connectivity index (χ0n) is 22.0. The van der Waals surface area contributed by atoms with Crippen molar-refractivity contribution in [1.29, 1.82) is 0 Å². The monoisotopic (exact) mass is 560 g/mol. The SMILES string of the molecule is COc1cc(C(=O)N2CCN(C3(c4ccc(F)cc4)CC3)CC2)ccc1NS(=O)(=O)c1ccc2ccccc2n1. The van der Waals surface area contributed by atoms with Gasteiger partial charge < -0.3 is 9.64 Å². The van der Waals surface area contributed by atoms with E-state index in [1.165, 1.54) is 31.4 Å². The minimum absolute atomic E-state index is 0.0647. The fourth-order valence-corrected chi connectivity index (χ4v) is 6.52. The summed E-state index contributed by atoms with van der Waals surface area (Å²) >= 11 is 0. The molecule has 1 aromatic heterocycles. The molecule has 0 unspecified atom stereocenters. The van der Waals surface area contributed by atoms with Crippen LogP contribution in [0.4, 0.5) is 10.1 Å². The van der Waals surface area contributed by atoms with Crippen LogP contribution < -0.4 is 9.46 Å². The average Bonchev–Trinajstić information content (AvgIpc) is 3.79. The van der Waals surface area contributed by atoms with Gasteiger partial charge in [-0.1, -0.05) is 30.3 Å². The van der Waals surface area contributed by atoms with Gasteiger partial charge in [0.2, 0.25) is 0 Å². The summed E-state index contributed by atoms with van der Waals surface area (Å²) in [4.78, 5) is 21.8. The van der Waals surface area contributed by atoms with Crippen LogP contribution in [-0.2, 0) is 15.6 Å². The van der Waals surface area contributed by atoms with Crippen LogP contribution in [0.2, 0.25) is 0 Å². The number of hydrogen-bond acceptors (Lipinski definition) is 6. The molecule has 1 amide bonds. The summed E-state index contributed by atoms with van der Waals surface area (Å²) in [7, 11) is -2.56. The lowest BCUT2D eigenvalue weighted by atomic mass is 10.0. The van der Waals surface area contributed by atoms with E-state index in [-0.39, 0.29) is 33.7 Å². The van der Waals surface area contributed by atoms with Crippen LogP contribution in [0.1, 0.15) is 28.8 Å². The van der Waals surface area contributed by atoms with Crippen LogP contribution in [0.3, 0.4) is 0 Å². The van der Waals surface area contributed by atoms with Crippen molar-refractivity contribution in [3.63, 3.8) is 0 Å². The van der Waals surface area contributed by atoms with Gasteiger partial charge in [-0.3, -0.25) is 14.4 Å². The number of aromatic nitrogens is 1. The first kappa shape index (κ1) is 26.2. The predicted molar refractivity (Wildman–Crippen MR) is 150 cm³/mol. The number of ether oxygens (including phenoxy) is 1. The van der Waals surface area contributed by atoms with E-state index < -0.39 is 10.0 Å². The summed E-state index contributed by atoms with van der Waals surface area (Å²) in [6.45, 7) is 2.56. The normalized spacial score (nSPS) is 17.0. The number of benzene rings is 3. The third-order valence-electron chi connectivity index (χ3n) is 7.82. The molecule has 10 heteroatoms. The van der Waals surface area contributed by atoms with Crippen molar-refractivity contribution in [2.45, 2.75) is 23.4 Å². The maximum Gasteiger partial charge on any atom is 0.279 e. The number of methoxy groups -OCH3 is 1. The number of halogens is 1. The Kier molecular flexibility index (Phi) is 6.67. The molecule has 6 rings (SSSR count). The van der Waals surface area contributed by atoms with E-state index in [0.29, 0.717) is 24.2 Å². The molecule has 0 radical (unpaired) electrons. The van der Waals surface area contributed by atoms with Gasteiger partial charge in [-0.2, -0.15) is 8.42 Å². The summed E-state index contributed by atoms with van der Waals surface area (Å²) in [5.74, 6) is -0.146. The van der Waals surface area contributed by atoms with Crippen LogP contribution >= 0.6 is 0 Å². The Morgan fingerprint density at radius 2 is 1.68 bits per heavy atom. The summed E-state index contributed by atoms with van der Waals surface area (Å²) in [6, 6.07) is 21.9. The van der Waals surface area contributed by atoms with Crippen molar-refractivity contribution in [2.24, 2.45) is 0 Å². The van der Waals surface area contributed by atoms with E-state index in [0.717, 1.165) is 36.9 Å². The Morgan fingerprint density at radius 1 is 0.950 bits per heavy atom. The van der Waals surface area contributed by atoms with E-state index >= 15 is 0 Å². The van der Waals surface area contributed by atoms with Crippen LogP contribution in [0, 0.1) is 5.82 Å². The number of fused-ring (bicyclic) bond motifs is 1. The molecule has 0 bridgehead atoms. The van der Waals surface area contributed by atoms with Crippen LogP contribution in [0.5, 0.6) is 5.75 Å². The molecule has 40 heavy (non-hydrogen) atoms. The quantitative estimate of drug-likeness (QED) is 0.355. The molecule has 1 N–H and O–H groups in total. The zero-order valence-corrected chi connectivity index (χ0v) is 22.8. The third kappa shape index (κ3) is 4.89. The van der Waals surface area contributed by atoms with E-state index in [9.17, 15) is 17.6 Å². The zero-order chi connectivity index (χ0) is 27.9. The number of carbonyl (C=O) groups excluding carboxylic acids is 1. The molecule has 1 aliphatic heterocycles. The van der Waals surface area contributed by atoms with Gasteiger partial charge in [-0.15, -0.1) is 0 Å². The highest BCUT2D eigenvalue weighted by Gasteiger charge is 2.50. The van der Waals surface area contributed by atoms with Gasteiger partial charge in [-0.25, -0.2) is 9.37 Å². The van der Waals surface area contributed by atoms with E-state index in [2.05, 4.69) is 14.6 Å². The lowest BCUT2D eigenvalue weighted by Gasteiger charge is -2.40. The lowest BCUT2D eigenvalue weighted by Crippen LogP contribution is -2.52. The minimum Gasteiger partial charge on any atom is -0.495 e. The van der Waals surface area contributed by atoms with Gasteiger partial charge in [0.15, 0.2) is 5.03 Å². The molecule has 4 aromatic rings. The maximum absolute atomic E-state index is 13.4. The fraction of sp³-hybridized carbons (Fsp3) is 0.267. The summed E-state index contributed by atoms with van der Waals surface area (Å²) in [5, 5.41) is 0.728. The molecule has 206 valence electrons. The number of nitrogens with zero attached hydrogens (tertiary/aromatic N) is 3. The molecule has 1 saturated carbocycles. The van der Waals surface area contributed by atoms with Crippen LogP contribution in [-0.4, -0.2) is 62.4 Å². The molecule has 8 nitrogen and oxygen atoms in total. The van der Waals surface area contributed by atoms with Crippen molar-refractivity contribution >= 4 is 32.5 Å².